The first-order chi connectivity index (χ1) is 14.8. The molecule has 0 aliphatic carbocycles. The number of rotatable bonds is 7. The first kappa shape index (κ1) is 22.8. The molecule has 0 aliphatic heterocycles. The Balaban J connectivity index is 1.68. The number of nitrogens with one attached hydrogen (secondary N) is 2. The minimum atomic E-state index is -3.78. The zero-order valence-electron chi connectivity index (χ0n) is 16.9. The Bertz CT molecular complexity index is 1220. The SMILES string of the molecule is COc1ccccc1NS(=O)(=O)c1ccc(C=CC(=O)Nc2ccc(I)cc2C)cc1. The molecule has 2 N–H and O–H groups in total. The van der Waals surface area contributed by atoms with Gasteiger partial charge in [0.15, 0.2) is 0 Å². The van der Waals surface area contributed by atoms with Gasteiger partial charge in [-0.1, -0.05) is 24.3 Å². The molecule has 0 aromatic heterocycles. The van der Waals surface area contributed by atoms with E-state index in [4.69, 9.17) is 4.74 Å². The third kappa shape index (κ3) is 6.08. The number of hydrogen-bond donors (Lipinski definition) is 2. The van der Waals surface area contributed by atoms with Gasteiger partial charge in [0.25, 0.3) is 10.0 Å². The van der Waals surface area contributed by atoms with Crippen molar-refractivity contribution in [3.63, 3.8) is 0 Å². The van der Waals surface area contributed by atoms with Crippen LogP contribution in [0.15, 0.2) is 77.7 Å². The van der Waals surface area contributed by atoms with Crippen molar-refractivity contribution in [1.82, 2.24) is 0 Å². The van der Waals surface area contributed by atoms with E-state index in [1.54, 1.807) is 42.5 Å². The Morgan fingerprint density at radius 3 is 2.39 bits per heavy atom. The van der Waals surface area contributed by atoms with E-state index >= 15 is 0 Å². The number of halogens is 1. The summed E-state index contributed by atoms with van der Waals surface area (Å²) in [5.41, 5.74) is 2.78. The molecule has 160 valence electrons. The number of anilines is 2. The number of para-hydroxylation sites is 2. The van der Waals surface area contributed by atoms with Gasteiger partial charge in [-0.3, -0.25) is 9.52 Å². The second-order valence-electron chi connectivity index (χ2n) is 6.66. The fourth-order valence-corrected chi connectivity index (χ4v) is 4.52. The summed E-state index contributed by atoms with van der Waals surface area (Å²) in [4.78, 5) is 12.3. The van der Waals surface area contributed by atoms with Gasteiger partial charge in [-0.25, -0.2) is 8.42 Å². The summed E-state index contributed by atoms with van der Waals surface area (Å²) in [5.74, 6) is 0.166. The predicted octanol–water partition coefficient (Wildman–Crippen LogP) is 5.06. The fourth-order valence-electron chi connectivity index (χ4n) is 2.80. The van der Waals surface area contributed by atoms with Crippen molar-refractivity contribution in [3.8, 4) is 5.75 Å². The highest BCUT2D eigenvalue weighted by molar-refractivity contribution is 14.1. The van der Waals surface area contributed by atoms with E-state index in [2.05, 4.69) is 32.6 Å². The topological polar surface area (TPSA) is 84.5 Å². The molecule has 6 nitrogen and oxygen atoms in total. The number of carbonyl (C=O) groups excluding carboxylic acids is 1. The summed E-state index contributed by atoms with van der Waals surface area (Å²) in [5, 5.41) is 2.83. The number of aryl methyl sites for hydroxylation is 1. The van der Waals surface area contributed by atoms with E-state index in [9.17, 15) is 13.2 Å². The molecular weight excluding hydrogens is 527 g/mol. The van der Waals surface area contributed by atoms with Gasteiger partial charge >= 0.3 is 0 Å². The molecule has 0 aliphatic rings. The second kappa shape index (κ2) is 9.97. The van der Waals surface area contributed by atoms with E-state index in [0.29, 0.717) is 17.0 Å². The minimum absolute atomic E-state index is 0.106. The van der Waals surface area contributed by atoms with Crippen LogP contribution >= 0.6 is 22.6 Å². The highest BCUT2D eigenvalue weighted by Gasteiger charge is 2.16. The van der Waals surface area contributed by atoms with Gasteiger partial charge in [0.2, 0.25) is 5.91 Å². The molecule has 0 unspecified atom stereocenters. The van der Waals surface area contributed by atoms with Crippen LogP contribution in [-0.4, -0.2) is 21.4 Å². The minimum Gasteiger partial charge on any atom is -0.495 e. The van der Waals surface area contributed by atoms with Crippen LogP contribution in [0.4, 0.5) is 11.4 Å². The summed E-state index contributed by atoms with van der Waals surface area (Å²) in [7, 11) is -2.30. The first-order valence-electron chi connectivity index (χ1n) is 9.29. The Hall–Kier alpha value is -2.85. The Kier molecular flexibility index (Phi) is 7.34. The van der Waals surface area contributed by atoms with E-state index < -0.39 is 10.0 Å². The predicted molar refractivity (Wildman–Crippen MR) is 132 cm³/mol. The monoisotopic (exact) mass is 548 g/mol. The first-order valence-corrected chi connectivity index (χ1v) is 11.9. The smallest absolute Gasteiger partial charge is 0.262 e. The average Bonchev–Trinajstić information content (AvgIpc) is 2.75. The number of methoxy groups -OCH3 is 1. The Morgan fingerprint density at radius 1 is 1.00 bits per heavy atom. The molecule has 1 amide bonds. The van der Waals surface area contributed by atoms with Gasteiger partial charge in [0.1, 0.15) is 5.75 Å². The normalized spacial score (nSPS) is 11.3. The molecule has 0 bridgehead atoms. The van der Waals surface area contributed by atoms with Gasteiger partial charge in [0, 0.05) is 15.3 Å². The molecule has 3 aromatic carbocycles. The third-order valence-electron chi connectivity index (χ3n) is 4.42. The summed E-state index contributed by atoms with van der Waals surface area (Å²) in [6.45, 7) is 1.93. The van der Waals surface area contributed by atoms with Gasteiger partial charge in [-0.15, -0.1) is 0 Å². The van der Waals surface area contributed by atoms with Gasteiger partial charge < -0.3 is 10.1 Å². The highest BCUT2D eigenvalue weighted by atomic mass is 127. The average molecular weight is 548 g/mol. The number of amides is 1. The molecule has 0 atom stereocenters. The van der Waals surface area contributed by atoms with Crippen LogP contribution in [0, 0.1) is 10.5 Å². The Labute approximate surface area is 195 Å². The highest BCUT2D eigenvalue weighted by Crippen LogP contribution is 2.26. The number of sulfonamides is 1. The number of benzene rings is 3. The van der Waals surface area contributed by atoms with Crippen LogP contribution in [0.5, 0.6) is 5.75 Å². The number of hydrogen-bond acceptors (Lipinski definition) is 4. The third-order valence-corrected chi connectivity index (χ3v) is 6.47. The lowest BCUT2D eigenvalue weighted by molar-refractivity contribution is -0.111. The van der Waals surface area contributed by atoms with Crippen molar-refractivity contribution in [2.75, 3.05) is 17.1 Å². The van der Waals surface area contributed by atoms with Gasteiger partial charge in [-0.2, -0.15) is 0 Å². The number of carbonyl (C=O) groups is 1. The molecular formula is C23H21IN2O4S. The maximum atomic E-state index is 12.7. The van der Waals surface area contributed by atoms with E-state index in [-0.39, 0.29) is 10.8 Å². The lowest BCUT2D eigenvalue weighted by Crippen LogP contribution is -2.13. The van der Waals surface area contributed by atoms with Crippen molar-refractivity contribution < 1.29 is 17.9 Å². The van der Waals surface area contributed by atoms with Gasteiger partial charge in [0.05, 0.1) is 17.7 Å². The van der Waals surface area contributed by atoms with Crippen molar-refractivity contribution >= 4 is 56.0 Å². The molecule has 0 spiro atoms. The molecule has 0 fully saturated rings. The maximum Gasteiger partial charge on any atom is 0.262 e. The second-order valence-corrected chi connectivity index (χ2v) is 9.58. The van der Waals surface area contributed by atoms with E-state index in [1.165, 1.54) is 25.3 Å². The quantitative estimate of drug-likeness (QED) is 0.320. The lowest BCUT2D eigenvalue weighted by atomic mass is 10.2. The van der Waals surface area contributed by atoms with Crippen LogP contribution in [0.25, 0.3) is 6.08 Å². The molecule has 3 rings (SSSR count). The summed E-state index contributed by atoms with van der Waals surface area (Å²) >= 11 is 2.22. The molecule has 3 aromatic rings. The molecule has 8 heteroatoms. The zero-order valence-corrected chi connectivity index (χ0v) is 19.9. The largest absolute Gasteiger partial charge is 0.495 e. The van der Waals surface area contributed by atoms with Crippen LogP contribution < -0.4 is 14.8 Å². The molecule has 0 saturated carbocycles. The molecule has 31 heavy (non-hydrogen) atoms. The van der Waals surface area contributed by atoms with Crippen molar-refractivity contribution in [1.29, 1.82) is 0 Å². The summed E-state index contributed by atoms with van der Waals surface area (Å²) < 4.78 is 34.1. The van der Waals surface area contributed by atoms with E-state index in [0.717, 1.165) is 14.8 Å². The zero-order chi connectivity index (χ0) is 22.4. The summed E-state index contributed by atoms with van der Waals surface area (Å²) in [6, 6.07) is 18.8. The van der Waals surface area contributed by atoms with Crippen LogP contribution in [-0.2, 0) is 14.8 Å². The van der Waals surface area contributed by atoms with Crippen LogP contribution in [0.2, 0.25) is 0 Å². The van der Waals surface area contributed by atoms with Crippen molar-refractivity contribution in [2.45, 2.75) is 11.8 Å². The standard InChI is InChI=1S/C23H21IN2O4S/c1-16-15-18(24)10-13-20(16)25-23(27)14-9-17-7-11-19(12-8-17)31(28,29)26-21-5-3-4-6-22(21)30-2/h3-15,26H,1-2H3,(H,25,27). The Morgan fingerprint density at radius 2 is 1.71 bits per heavy atom. The molecule has 0 heterocycles. The van der Waals surface area contributed by atoms with Crippen LogP contribution in [0.1, 0.15) is 11.1 Å². The fraction of sp³-hybridized carbons (Fsp3) is 0.0870. The van der Waals surface area contributed by atoms with E-state index in [1.807, 2.05) is 25.1 Å². The summed E-state index contributed by atoms with van der Waals surface area (Å²) in [6.07, 6.45) is 3.04. The lowest BCUT2D eigenvalue weighted by Gasteiger charge is -2.11. The van der Waals surface area contributed by atoms with Crippen molar-refractivity contribution in [3.05, 3.63) is 87.5 Å². The molecule has 0 saturated heterocycles. The van der Waals surface area contributed by atoms with Gasteiger partial charge in [-0.05, 0) is 89.2 Å². The van der Waals surface area contributed by atoms with Crippen molar-refractivity contribution in [2.24, 2.45) is 0 Å². The molecule has 0 radical (unpaired) electrons. The van der Waals surface area contributed by atoms with Crippen LogP contribution in [0.3, 0.4) is 0 Å². The maximum absolute atomic E-state index is 12.7. The number of ether oxygens (including phenoxy) is 1.